The van der Waals surface area contributed by atoms with Gasteiger partial charge in [-0.1, -0.05) is 6.07 Å². The Morgan fingerprint density at radius 2 is 1.73 bits per heavy atom. The zero-order valence-electron chi connectivity index (χ0n) is 17.4. The van der Waals surface area contributed by atoms with Crippen LogP contribution in [0, 0.1) is 11.8 Å². The molecule has 1 aromatic heterocycles. The summed E-state index contributed by atoms with van der Waals surface area (Å²) in [5.41, 5.74) is 1.67. The van der Waals surface area contributed by atoms with Crippen molar-refractivity contribution in [1.29, 1.82) is 0 Å². The number of hydrogen-bond acceptors (Lipinski definition) is 7. The predicted molar refractivity (Wildman–Crippen MR) is 106 cm³/mol. The minimum Gasteiger partial charge on any atom is -0.475 e. The first-order valence-corrected chi connectivity index (χ1v) is 10.2. The molecule has 0 radical (unpaired) electrons. The van der Waals surface area contributed by atoms with E-state index in [9.17, 15) is 18.0 Å². The number of carbonyl (C=O) groups is 2. The molecule has 12 heteroatoms. The molecule has 3 aliphatic rings. The number of ether oxygens (including phenoxy) is 2. The first-order valence-electron chi connectivity index (χ1n) is 10.2. The van der Waals surface area contributed by atoms with Crippen LogP contribution in [0.25, 0.3) is 0 Å². The SMILES string of the molecule is O=C(O)C(F)(F)F.O=C(c1cnccn1)N1C[C@H]2CN(Cc3ccc4c(c3)OCO4)C[C@H]2C1. The van der Waals surface area contributed by atoms with Gasteiger partial charge in [-0.15, -0.1) is 0 Å². The second-order valence-electron chi connectivity index (χ2n) is 8.01. The van der Waals surface area contributed by atoms with E-state index in [2.05, 4.69) is 27.0 Å². The van der Waals surface area contributed by atoms with Crippen molar-refractivity contribution in [3.8, 4) is 11.5 Å². The van der Waals surface area contributed by atoms with Gasteiger partial charge in [-0.05, 0) is 29.5 Å². The average molecular weight is 466 g/mol. The molecule has 2 fully saturated rings. The van der Waals surface area contributed by atoms with Crippen LogP contribution in [0.3, 0.4) is 0 Å². The predicted octanol–water partition coefficient (Wildman–Crippen LogP) is 2.04. The van der Waals surface area contributed by atoms with Gasteiger partial charge in [0.2, 0.25) is 6.79 Å². The Kier molecular flexibility index (Phi) is 6.36. The Balaban J connectivity index is 0.000000325. The van der Waals surface area contributed by atoms with Crippen LogP contribution in [0.5, 0.6) is 11.5 Å². The van der Waals surface area contributed by atoms with E-state index < -0.39 is 12.1 Å². The number of carboxylic acids is 1. The van der Waals surface area contributed by atoms with Crippen LogP contribution in [0.15, 0.2) is 36.8 Å². The largest absolute Gasteiger partial charge is 0.490 e. The van der Waals surface area contributed by atoms with Gasteiger partial charge in [-0.2, -0.15) is 13.2 Å². The number of carbonyl (C=O) groups excluding carboxylic acids is 1. The Bertz CT molecular complexity index is 1010. The number of hydrogen-bond donors (Lipinski definition) is 1. The third kappa shape index (κ3) is 5.33. The molecule has 176 valence electrons. The number of rotatable bonds is 3. The highest BCUT2D eigenvalue weighted by molar-refractivity contribution is 5.92. The first-order chi connectivity index (χ1) is 15.7. The van der Waals surface area contributed by atoms with Crippen LogP contribution in [-0.2, 0) is 11.3 Å². The zero-order valence-corrected chi connectivity index (χ0v) is 17.4. The minimum absolute atomic E-state index is 0.00480. The third-order valence-corrected chi connectivity index (χ3v) is 5.72. The summed E-state index contributed by atoms with van der Waals surface area (Å²) >= 11 is 0. The molecule has 1 amide bonds. The molecule has 4 heterocycles. The Morgan fingerprint density at radius 3 is 2.33 bits per heavy atom. The molecule has 0 spiro atoms. The van der Waals surface area contributed by atoms with Gasteiger partial charge < -0.3 is 19.5 Å². The van der Waals surface area contributed by atoms with Crippen LogP contribution >= 0.6 is 0 Å². The molecule has 0 aliphatic carbocycles. The average Bonchev–Trinajstić information content (AvgIpc) is 3.48. The second kappa shape index (κ2) is 9.22. The highest BCUT2D eigenvalue weighted by Gasteiger charge is 2.42. The van der Waals surface area contributed by atoms with Crippen LogP contribution in [-0.4, -0.2) is 75.9 Å². The molecule has 0 bridgehead atoms. The summed E-state index contributed by atoms with van der Waals surface area (Å²) in [6.07, 6.45) is -0.386. The number of aromatic nitrogens is 2. The lowest BCUT2D eigenvalue weighted by molar-refractivity contribution is -0.192. The fraction of sp³-hybridized carbons (Fsp3) is 0.429. The van der Waals surface area contributed by atoms with Crippen molar-refractivity contribution in [2.24, 2.45) is 11.8 Å². The van der Waals surface area contributed by atoms with Crippen molar-refractivity contribution in [1.82, 2.24) is 19.8 Å². The number of halogens is 3. The van der Waals surface area contributed by atoms with E-state index in [0.717, 1.165) is 44.2 Å². The topological polar surface area (TPSA) is 105 Å². The maximum Gasteiger partial charge on any atom is 0.490 e. The molecular weight excluding hydrogens is 445 g/mol. The van der Waals surface area contributed by atoms with E-state index in [1.165, 1.54) is 5.56 Å². The number of amides is 1. The second-order valence-corrected chi connectivity index (χ2v) is 8.01. The Morgan fingerprint density at radius 1 is 1.06 bits per heavy atom. The smallest absolute Gasteiger partial charge is 0.475 e. The fourth-order valence-electron chi connectivity index (χ4n) is 4.25. The highest BCUT2D eigenvalue weighted by Crippen LogP contribution is 2.35. The van der Waals surface area contributed by atoms with Crippen LogP contribution in [0.2, 0.25) is 0 Å². The summed E-state index contributed by atoms with van der Waals surface area (Å²) in [7, 11) is 0. The normalized spacial score (nSPS) is 21.4. The summed E-state index contributed by atoms with van der Waals surface area (Å²) in [5.74, 6) is -0.0376. The van der Waals surface area contributed by atoms with Gasteiger partial charge in [0.15, 0.2) is 11.5 Å². The molecule has 1 aromatic carbocycles. The lowest BCUT2D eigenvalue weighted by atomic mass is 10.0. The van der Waals surface area contributed by atoms with Gasteiger partial charge in [-0.25, -0.2) is 9.78 Å². The van der Waals surface area contributed by atoms with Crippen molar-refractivity contribution >= 4 is 11.9 Å². The monoisotopic (exact) mass is 466 g/mol. The lowest BCUT2D eigenvalue weighted by Crippen LogP contribution is -2.33. The van der Waals surface area contributed by atoms with Gasteiger partial charge in [-0.3, -0.25) is 14.7 Å². The maximum absolute atomic E-state index is 12.5. The number of likely N-dealkylation sites (tertiary alicyclic amines) is 2. The molecular formula is C21H21F3N4O5. The van der Waals surface area contributed by atoms with Crippen molar-refractivity contribution in [3.05, 3.63) is 48.0 Å². The van der Waals surface area contributed by atoms with Gasteiger partial charge in [0, 0.05) is 45.1 Å². The van der Waals surface area contributed by atoms with E-state index in [4.69, 9.17) is 19.4 Å². The number of benzene rings is 1. The molecule has 2 saturated heterocycles. The summed E-state index contributed by atoms with van der Waals surface area (Å²) in [4.78, 5) is 34.0. The number of fused-ring (bicyclic) bond motifs is 2. The Labute approximate surface area is 186 Å². The van der Waals surface area contributed by atoms with Crippen LogP contribution < -0.4 is 9.47 Å². The van der Waals surface area contributed by atoms with E-state index in [0.29, 0.717) is 24.3 Å². The summed E-state index contributed by atoms with van der Waals surface area (Å²) in [6.45, 7) is 4.85. The summed E-state index contributed by atoms with van der Waals surface area (Å²) < 4.78 is 42.6. The quantitative estimate of drug-likeness (QED) is 0.733. The molecule has 2 atom stereocenters. The van der Waals surface area contributed by atoms with Crippen molar-refractivity contribution in [3.63, 3.8) is 0 Å². The van der Waals surface area contributed by atoms with Gasteiger partial charge in [0.05, 0.1) is 6.20 Å². The number of carboxylic acid groups (broad SMARTS) is 1. The maximum atomic E-state index is 12.5. The Hall–Kier alpha value is -3.41. The number of nitrogens with zero attached hydrogens (tertiary/aromatic N) is 4. The molecule has 2 aromatic rings. The van der Waals surface area contributed by atoms with Crippen molar-refractivity contribution in [2.45, 2.75) is 12.7 Å². The standard InChI is InChI=1S/C19H20N4O3.C2HF3O2/c24-19(16-6-20-3-4-21-16)23-10-14-8-22(9-15(14)11-23)7-13-1-2-17-18(5-13)26-12-25-17;3-2(4,5)1(6)7/h1-6,14-15H,7-12H2;(H,6,7)/t14-,15+;. The molecule has 9 nitrogen and oxygen atoms in total. The van der Waals surface area contributed by atoms with E-state index in [-0.39, 0.29) is 5.91 Å². The lowest BCUT2D eigenvalue weighted by Gasteiger charge is -2.21. The molecule has 3 aliphatic heterocycles. The minimum atomic E-state index is -5.08. The van der Waals surface area contributed by atoms with Gasteiger partial charge in [0.1, 0.15) is 5.69 Å². The van der Waals surface area contributed by atoms with E-state index in [1.54, 1.807) is 18.6 Å². The first kappa shape index (κ1) is 22.8. The van der Waals surface area contributed by atoms with Crippen molar-refractivity contribution in [2.75, 3.05) is 33.0 Å². The molecule has 33 heavy (non-hydrogen) atoms. The van der Waals surface area contributed by atoms with Crippen molar-refractivity contribution < 1.29 is 37.3 Å². The fourth-order valence-corrected chi connectivity index (χ4v) is 4.25. The molecule has 0 unspecified atom stereocenters. The highest BCUT2D eigenvalue weighted by atomic mass is 19.4. The number of aliphatic carboxylic acids is 1. The van der Waals surface area contributed by atoms with E-state index >= 15 is 0 Å². The summed E-state index contributed by atoms with van der Waals surface area (Å²) in [6, 6.07) is 6.15. The van der Waals surface area contributed by atoms with E-state index in [1.807, 2.05) is 11.0 Å². The zero-order chi connectivity index (χ0) is 23.6. The van der Waals surface area contributed by atoms with Crippen LogP contribution in [0.1, 0.15) is 16.1 Å². The third-order valence-electron chi connectivity index (χ3n) is 5.72. The van der Waals surface area contributed by atoms with Gasteiger partial charge >= 0.3 is 12.1 Å². The van der Waals surface area contributed by atoms with Crippen LogP contribution in [0.4, 0.5) is 13.2 Å². The molecule has 5 rings (SSSR count). The molecule has 1 N–H and O–H groups in total. The molecule has 0 saturated carbocycles. The number of alkyl halides is 3. The summed E-state index contributed by atoms with van der Waals surface area (Å²) in [5, 5.41) is 7.12. The van der Waals surface area contributed by atoms with Gasteiger partial charge in [0.25, 0.3) is 5.91 Å².